The Bertz CT molecular complexity index is 251. The lowest BCUT2D eigenvalue weighted by Crippen LogP contribution is -2.00. The van der Waals surface area contributed by atoms with Crippen LogP contribution >= 0.6 is 23.2 Å². The van der Waals surface area contributed by atoms with Gasteiger partial charge in [-0.25, -0.2) is 0 Å². The summed E-state index contributed by atoms with van der Waals surface area (Å²) in [5.41, 5.74) is 1.08. The summed E-state index contributed by atoms with van der Waals surface area (Å²) in [5.74, 6) is 0.971. The van der Waals surface area contributed by atoms with Crippen LogP contribution in [-0.2, 0) is 16.6 Å². The van der Waals surface area contributed by atoms with Gasteiger partial charge >= 0.3 is 0 Å². The minimum Gasteiger partial charge on any atom is -0.0838 e. The van der Waals surface area contributed by atoms with Crippen LogP contribution in [0.4, 0.5) is 0 Å². The Morgan fingerprint density at radius 3 is 2.08 bits per heavy atom. The molecule has 0 atom stereocenters. The van der Waals surface area contributed by atoms with E-state index in [1.54, 1.807) is 0 Å². The van der Waals surface area contributed by atoms with Gasteiger partial charge in [0.1, 0.15) is 5.75 Å². The number of benzene rings is 1. The molecule has 0 radical (unpaired) electrons. The molecule has 0 aliphatic carbocycles. The lowest BCUT2D eigenvalue weighted by molar-refractivity contribution is 1.40. The lowest BCUT2D eigenvalue weighted by Gasteiger charge is -2.03. The molecule has 0 bridgehead atoms. The molecule has 1 aromatic carbocycles. The van der Waals surface area contributed by atoms with Crippen molar-refractivity contribution in [1.29, 1.82) is 0 Å². The molecule has 0 fully saturated rings. The second kappa shape index (κ2) is 4.40. The summed E-state index contributed by atoms with van der Waals surface area (Å²) in [6.45, 7) is 0. The molecule has 0 N–H and O–H groups in total. The van der Waals surface area contributed by atoms with Crippen molar-refractivity contribution in [2.45, 2.75) is 5.75 Å². The van der Waals surface area contributed by atoms with Crippen molar-refractivity contribution in [3.05, 3.63) is 33.8 Å². The van der Waals surface area contributed by atoms with Gasteiger partial charge in [-0.2, -0.15) is 0 Å². The number of halogens is 2. The Balaban J connectivity index is 2.96. The monoisotopic (exact) mass is 221 g/mol. The highest BCUT2D eigenvalue weighted by molar-refractivity contribution is 7.94. The second-order valence-corrected chi connectivity index (χ2v) is 5.90. The van der Waals surface area contributed by atoms with Crippen molar-refractivity contribution < 1.29 is 0 Å². The molecular formula is C9H11Cl2S+. The van der Waals surface area contributed by atoms with Gasteiger partial charge in [0.05, 0.1) is 12.5 Å². The number of hydrogen-bond acceptors (Lipinski definition) is 0. The van der Waals surface area contributed by atoms with E-state index in [0.717, 1.165) is 21.4 Å². The highest BCUT2D eigenvalue weighted by Gasteiger charge is 2.11. The third kappa shape index (κ3) is 2.58. The maximum Gasteiger partial charge on any atom is 0.135 e. The van der Waals surface area contributed by atoms with Crippen molar-refractivity contribution in [1.82, 2.24) is 0 Å². The fourth-order valence-corrected chi connectivity index (χ4v) is 2.54. The SMILES string of the molecule is C[S+](C)Cc1c(Cl)cccc1Cl. The first-order valence-corrected chi connectivity index (χ1v) is 6.55. The Kier molecular flexibility index (Phi) is 3.76. The Morgan fingerprint density at radius 1 is 1.17 bits per heavy atom. The average Bonchev–Trinajstić information content (AvgIpc) is 1.97. The van der Waals surface area contributed by atoms with Crippen molar-refractivity contribution in [3.63, 3.8) is 0 Å². The number of rotatable bonds is 2. The normalized spacial score (nSPS) is 10.8. The summed E-state index contributed by atoms with van der Waals surface area (Å²) in [7, 11) is 0.344. The summed E-state index contributed by atoms with van der Waals surface area (Å²) in [5, 5.41) is 1.56. The van der Waals surface area contributed by atoms with E-state index in [1.165, 1.54) is 0 Å². The average molecular weight is 222 g/mol. The first kappa shape index (κ1) is 10.2. The maximum atomic E-state index is 5.99. The molecular weight excluding hydrogens is 211 g/mol. The minimum atomic E-state index is 0.344. The third-order valence-electron chi connectivity index (χ3n) is 1.49. The van der Waals surface area contributed by atoms with Crippen molar-refractivity contribution in [2.24, 2.45) is 0 Å². The van der Waals surface area contributed by atoms with Crippen molar-refractivity contribution >= 4 is 34.1 Å². The van der Waals surface area contributed by atoms with Crippen LogP contribution in [0.5, 0.6) is 0 Å². The predicted molar refractivity (Wildman–Crippen MR) is 59.4 cm³/mol. The van der Waals surface area contributed by atoms with E-state index >= 15 is 0 Å². The van der Waals surface area contributed by atoms with Crippen LogP contribution in [0, 0.1) is 0 Å². The molecule has 0 heterocycles. The molecule has 0 saturated heterocycles. The van der Waals surface area contributed by atoms with E-state index in [1.807, 2.05) is 18.2 Å². The maximum absolute atomic E-state index is 5.99. The summed E-state index contributed by atoms with van der Waals surface area (Å²) in [6.07, 6.45) is 4.36. The quantitative estimate of drug-likeness (QED) is 0.673. The number of hydrogen-bond donors (Lipinski definition) is 0. The Labute approximate surface area is 86.2 Å². The van der Waals surface area contributed by atoms with Gasteiger partial charge in [0.2, 0.25) is 0 Å². The molecule has 0 saturated carbocycles. The molecule has 0 aliphatic rings. The summed E-state index contributed by atoms with van der Waals surface area (Å²) in [6, 6.07) is 5.64. The largest absolute Gasteiger partial charge is 0.135 e. The van der Waals surface area contributed by atoms with E-state index in [4.69, 9.17) is 23.2 Å². The van der Waals surface area contributed by atoms with Gasteiger partial charge in [0.25, 0.3) is 0 Å². The molecule has 0 spiro atoms. The van der Waals surface area contributed by atoms with E-state index in [-0.39, 0.29) is 0 Å². The van der Waals surface area contributed by atoms with E-state index in [2.05, 4.69) is 12.5 Å². The van der Waals surface area contributed by atoms with Crippen LogP contribution in [0.15, 0.2) is 18.2 Å². The van der Waals surface area contributed by atoms with Gasteiger partial charge in [0.15, 0.2) is 0 Å². The molecule has 1 rings (SSSR count). The minimum absolute atomic E-state index is 0.344. The zero-order chi connectivity index (χ0) is 9.14. The van der Waals surface area contributed by atoms with Crippen LogP contribution in [0.1, 0.15) is 5.56 Å². The third-order valence-corrected chi connectivity index (χ3v) is 3.07. The molecule has 0 aromatic heterocycles. The van der Waals surface area contributed by atoms with E-state index < -0.39 is 0 Å². The van der Waals surface area contributed by atoms with Crippen LogP contribution in [0.25, 0.3) is 0 Å². The fraction of sp³-hybridized carbons (Fsp3) is 0.333. The van der Waals surface area contributed by atoms with E-state index in [9.17, 15) is 0 Å². The molecule has 12 heavy (non-hydrogen) atoms. The van der Waals surface area contributed by atoms with Crippen LogP contribution in [0.2, 0.25) is 10.0 Å². The van der Waals surface area contributed by atoms with Crippen LogP contribution in [0.3, 0.4) is 0 Å². The Hall–Kier alpha value is 0.150. The smallest absolute Gasteiger partial charge is 0.0838 e. The summed E-state index contributed by atoms with van der Waals surface area (Å²) >= 11 is 12.0. The highest BCUT2D eigenvalue weighted by atomic mass is 35.5. The standard InChI is InChI=1S/C9H11Cl2S/c1-12(2)6-7-8(10)4-3-5-9(7)11/h3-5H,6H2,1-2H3/q+1. The van der Waals surface area contributed by atoms with Gasteiger partial charge in [-0.15, -0.1) is 0 Å². The molecule has 1 aromatic rings. The lowest BCUT2D eigenvalue weighted by atomic mass is 10.2. The van der Waals surface area contributed by atoms with Crippen LogP contribution in [-0.4, -0.2) is 12.5 Å². The first-order chi connectivity index (χ1) is 5.61. The second-order valence-electron chi connectivity index (χ2n) is 2.83. The Morgan fingerprint density at radius 2 is 1.67 bits per heavy atom. The summed E-state index contributed by atoms with van der Waals surface area (Å²) < 4.78 is 0. The van der Waals surface area contributed by atoms with Gasteiger partial charge in [-0.3, -0.25) is 0 Å². The molecule has 3 heteroatoms. The summed E-state index contributed by atoms with van der Waals surface area (Å²) in [4.78, 5) is 0. The first-order valence-electron chi connectivity index (χ1n) is 3.58. The van der Waals surface area contributed by atoms with Gasteiger partial charge in [0, 0.05) is 15.6 Å². The fourth-order valence-electron chi connectivity index (χ4n) is 0.959. The molecule has 0 unspecified atom stereocenters. The van der Waals surface area contributed by atoms with Crippen molar-refractivity contribution in [3.8, 4) is 0 Å². The zero-order valence-corrected chi connectivity index (χ0v) is 9.43. The molecule has 0 amide bonds. The topological polar surface area (TPSA) is 0 Å². The predicted octanol–water partition coefficient (Wildman–Crippen LogP) is 3.37. The molecule has 66 valence electrons. The van der Waals surface area contributed by atoms with Gasteiger partial charge in [-0.05, 0) is 23.0 Å². The molecule has 0 nitrogen and oxygen atoms in total. The van der Waals surface area contributed by atoms with Gasteiger partial charge < -0.3 is 0 Å². The van der Waals surface area contributed by atoms with Crippen LogP contribution < -0.4 is 0 Å². The van der Waals surface area contributed by atoms with E-state index in [0.29, 0.717) is 10.9 Å². The highest BCUT2D eigenvalue weighted by Crippen LogP contribution is 2.25. The molecule has 0 aliphatic heterocycles. The zero-order valence-electron chi connectivity index (χ0n) is 7.10. The van der Waals surface area contributed by atoms with Gasteiger partial charge in [-0.1, -0.05) is 29.3 Å². The van der Waals surface area contributed by atoms with Crippen molar-refractivity contribution in [2.75, 3.05) is 12.5 Å².